The fraction of sp³-hybridized carbons (Fsp3) is 0.500. The van der Waals surface area contributed by atoms with E-state index in [0.29, 0.717) is 0 Å². The van der Waals surface area contributed by atoms with Crippen LogP contribution in [0, 0.1) is 11.7 Å². The second-order valence-corrected chi connectivity index (χ2v) is 6.67. The molecule has 0 saturated heterocycles. The molecule has 1 heterocycles. The van der Waals surface area contributed by atoms with Crippen LogP contribution in [0.2, 0.25) is 0 Å². The Hall–Kier alpha value is -2.17. The molecule has 5 heteroatoms. The van der Waals surface area contributed by atoms with Gasteiger partial charge in [-0.25, -0.2) is 4.39 Å². The third kappa shape index (κ3) is 5.69. The van der Waals surface area contributed by atoms with Crippen LogP contribution in [0.25, 0.3) is 11.3 Å². The molecule has 0 bridgehead atoms. The highest BCUT2D eigenvalue weighted by atomic mass is 19.1. The number of hydrogen-bond donors (Lipinski definition) is 1. The van der Waals surface area contributed by atoms with Crippen molar-refractivity contribution in [2.75, 3.05) is 13.6 Å². The van der Waals surface area contributed by atoms with E-state index in [-0.39, 0.29) is 17.6 Å². The molecule has 1 aromatic carbocycles. The van der Waals surface area contributed by atoms with Crippen molar-refractivity contribution >= 4 is 5.91 Å². The number of aromatic nitrogens is 2. The minimum absolute atomic E-state index is 0.111. The number of carbonyl (C=O) groups is 1. The smallest absolute Gasteiger partial charge is 0.225 e. The number of nitrogens with one attached hydrogen (secondary N) is 1. The predicted molar refractivity (Wildman–Crippen MR) is 98.6 cm³/mol. The third-order valence-corrected chi connectivity index (χ3v) is 4.62. The summed E-state index contributed by atoms with van der Waals surface area (Å²) in [4.78, 5) is 13.9. The molecule has 0 aliphatic carbocycles. The normalized spacial score (nSPS) is 12.2. The van der Waals surface area contributed by atoms with E-state index in [2.05, 4.69) is 10.2 Å². The van der Waals surface area contributed by atoms with Gasteiger partial charge in [-0.15, -0.1) is 0 Å². The minimum atomic E-state index is -0.240. The fourth-order valence-electron chi connectivity index (χ4n) is 2.76. The van der Waals surface area contributed by atoms with Crippen molar-refractivity contribution in [3.05, 3.63) is 41.8 Å². The minimum Gasteiger partial charge on any atom is -0.346 e. The maximum atomic E-state index is 13.0. The van der Waals surface area contributed by atoms with E-state index >= 15 is 0 Å². The van der Waals surface area contributed by atoms with Crippen LogP contribution in [0.15, 0.2) is 30.3 Å². The maximum Gasteiger partial charge on any atom is 0.225 e. The summed E-state index contributed by atoms with van der Waals surface area (Å²) in [7, 11) is 1.89. The van der Waals surface area contributed by atoms with Gasteiger partial charge < -0.3 is 4.90 Å². The largest absolute Gasteiger partial charge is 0.346 e. The summed E-state index contributed by atoms with van der Waals surface area (Å²) in [5.41, 5.74) is 2.84. The van der Waals surface area contributed by atoms with E-state index < -0.39 is 0 Å². The molecule has 0 aliphatic heterocycles. The average Bonchev–Trinajstić information content (AvgIpc) is 3.09. The molecule has 0 radical (unpaired) electrons. The number of H-pyrrole nitrogens is 1. The maximum absolute atomic E-state index is 13.0. The van der Waals surface area contributed by atoms with Gasteiger partial charge in [0.25, 0.3) is 0 Å². The fourth-order valence-corrected chi connectivity index (χ4v) is 2.76. The molecular formula is C20H28FN3O. The van der Waals surface area contributed by atoms with Crippen molar-refractivity contribution in [1.82, 2.24) is 15.1 Å². The summed E-state index contributed by atoms with van der Waals surface area (Å²) in [6, 6.07) is 8.38. The molecule has 0 spiro atoms. The second-order valence-electron chi connectivity index (χ2n) is 6.67. The summed E-state index contributed by atoms with van der Waals surface area (Å²) in [5.74, 6) is 0.108. The van der Waals surface area contributed by atoms with Crippen molar-refractivity contribution in [2.24, 2.45) is 5.92 Å². The Kier molecular flexibility index (Phi) is 7.16. The number of carbonyl (C=O) groups excluding carboxylic acids is 1. The van der Waals surface area contributed by atoms with E-state index in [1.54, 1.807) is 12.1 Å². The summed E-state index contributed by atoms with van der Waals surface area (Å²) in [5, 5.41) is 7.35. The number of halogens is 1. The molecule has 1 aromatic heterocycles. The summed E-state index contributed by atoms with van der Waals surface area (Å²) < 4.78 is 13.0. The van der Waals surface area contributed by atoms with Gasteiger partial charge in [0.05, 0.1) is 5.69 Å². The Morgan fingerprint density at radius 3 is 2.64 bits per heavy atom. The SMILES string of the molecule is CCC(C)C(=O)N(C)CCCCCc1cc(-c2ccc(F)cc2)n[nH]1. The number of aryl methyl sites for hydroxylation is 1. The zero-order valence-corrected chi connectivity index (χ0v) is 15.4. The first kappa shape index (κ1) is 19.2. The molecule has 2 aromatic rings. The van der Waals surface area contributed by atoms with Crippen molar-refractivity contribution < 1.29 is 9.18 Å². The molecule has 0 saturated carbocycles. The summed E-state index contributed by atoms with van der Waals surface area (Å²) >= 11 is 0. The van der Waals surface area contributed by atoms with Gasteiger partial charge >= 0.3 is 0 Å². The first-order valence-electron chi connectivity index (χ1n) is 9.06. The highest BCUT2D eigenvalue weighted by Crippen LogP contribution is 2.19. The Morgan fingerprint density at radius 2 is 1.96 bits per heavy atom. The number of rotatable bonds is 9. The first-order chi connectivity index (χ1) is 12.0. The number of nitrogens with zero attached hydrogens (tertiary/aromatic N) is 2. The topological polar surface area (TPSA) is 49.0 Å². The van der Waals surface area contributed by atoms with E-state index in [1.807, 2.05) is 31.9 Å². The summed E-state index contributed by atoms with van der Waals surface area (Å²) in [6.07, 6.45) is 4.95. The molecule has 0 fully saturated rings. The number of aromatic amines is 1. The van der Waals surface area contributed by atoms with Gasteiger partial charge in [-0.05, 0) is 56.0 Å². The number of hydrogen-bond acceptors (Lipinski definition) is 2. The molecule has 136 valence electrons. The van der Waals surface area contributed by atoms with E-state index in [0.717, 1.165) is 55.6 Å². The Morgan fingerprint density at radius 1 is 1.24 bits per heavy atom. The van der Waals surface area contributed by atoms with Crippen LogP contribution >= 0.6 is 0 Å². The van der Waals surface area contributed by atoms with E-state index in [1.165, 1.54) is 12.1 Å². The molecular weight excluding hydrogens is 317 g/mol. The molecule has 1 atom stereocenters. The molecule has 25 heavy (non-hydrogen) atoms. The predicted octanol–water partition coefficient (Wildman–Crippen LogP) is 4.43. The lowest BCUT2D eigenvalue weighted by Gasteiger charge is -2.20. The highest BCUT2D eigenvalue weighted by molar-refractivity contribution is 5.78. The Bertz CT molecular complexity index is 666. The molecule has 0 aliphatic rings. The first-order valence-corrected chi connectivity index (χ1v) is 9.06. The van der Waals surface area contributed by atoms with Gasteiger partial charge in [0.1, 0.15) is 5.82 Å². The third-order valence-electron chi connectivity index (χ3n) is 4.62. The zero-order valence-electron chi connectivity index (χ0n) is 15.4. The lowest BCUT2D eigenvalue weighted by atomic mass is 10.1. The van der Waals surface area contributed by atoms with Crippen LogP contribution in [0.4, 0.5) is 4.39 Å². The monoisotopic (exact) mass is 345 g/mol. The number of amides is 1. The van der Waals surface area contributed by atoms with E-state index in [4.69, 9.17) is 0 Å². The molecule has 1 amide bonds. The molecule has 4 nitrogen and oxygen atoms in total. The zero-order chi connectivity index (χ0) is 18.2. The van der Waals surface area contributed by atoms with Crippen LogP contribution < -0.4 is 0 Å². The van der Waals surface area contributed by atoms with Gasteiger partial charge in [0.15, 0.2) is 0 Å². The Labute approximate surface area is 149 Å². The lowest BCUT2D eigenvalue weighted by molar-refractivity contribution is -0.133. The lowest BCUT2D eigenvalue weighted by Crippen LogP contribution is -2.32. The van der Waals surface area contributed by atoms with Crippen LogP contribution in [0.1, 0.15) is 45.2 Å². The molecule has 2 rings (SSSR count). The summed E-state index contributed by atoms with van der Waals surface area (Å²) in [6.45, 7) is 4.84. The van der Waals surface area contributed by atoms with Gasteiger partial charge in [-0.1, -0.05) is 20.3 Å². The van der Waals surface area contributed by atoms with Gasteiger partial charge in [0, 0.05) is 30.8 Å². The van der Waals surface area contributed by atoms with Crippen LogP contribution in [-0.2, 0) is 11.2 Å². The quantitative estimate of drug-likeness (QED) is 0.683. The number of benzene rings is 1. The highest BCUT2D eigenvalue weighted by Gasteiger charge is 2.14. The van der Waals surface area contributed by atoms with Crippen molar-refractivity contribution in [3.8, 4) is 11.3 Å². The van der Waals surface area contributed by atoms with E-state index in [9.17, 15) is 9.18 Å². The van der Waals surface area contributed by atoms with Gasteiger partial charge in [-0.3, -0.25) is 9.89 Å². The second kappa shape index (κ2) is 9.35. The average molecular weight is 345 g/mol. The Balaban J connectivity index is 1.70. The van der Waals surface area contributed by atoms with Crippen molar-refractivity contribution in [2.45, 2.75) is 46.0 Å². The molecule has 1 N–H and O–H groups in total. The van der Waals surface area contributed by atoms with Crippen molar-refractivity contribution in [1.29, 1.82) is 0 Å². The standard InChI is InChI=1S/C20H28FN3O/c1-4-15(2)20(25)24(3)13-7-5-6-8-18-14-19(23-22-18)16-9-11-17(21)12-10-16/h9-12,14-15H,4-8,13H2,1-3H3,(H,22,23). The van der Waals surface area contributed by atoms with Crippen LogP contribution in [-0.4, -0.2) is 34.6 Å². The van der Waals surface area contributed by atoms with Crippen LogP contribution in [0.3, 0.4) is 0 Å². The van der Waals surface area contributed by atoms with Crippen LogP contribution in [0.5, 0.6) is 0 Å². The van der Waals surface area contributed by atoms with Gasteiger partial charge in [0.2, 0.25) is 5.91 Å². The van der Waals surface area contributed by atoms with Crippen molar-refractivity contribution in [3.63, 3.8) is 0 Å². The van der Waals surface area contributed by atoms with Gasteiger partial charge in [-0.2, -0.15) is 5.10 Å². The number of unbranched alkanes of at least 4 members (excludes halogenated alkanes) is 2. The molecule has 1 unspecified atom stereocenters.